The summed E-state index contributed by atoms with van der Waals surface area (Å²) >= 11 is 0. The van der Waals surface area contributed by atoms with Crippen LogP contribution in [0, 0.1) is 0 Å². The minimum absolute atomic E-state index is 0.0737. The van der Waals surface area contributed by atoms with E-state index in [2.05, 4.69) is 31.8 Å². The summed E-state index contributed by atoms with van der Waals surface area (Å²) in [6.07, 6.45) is 0.972. The van der Waals surface area contributed by atoms with Crippen LogP contribution < -0.4 is 25.8 Å². The largest absolute Gasteiger partial charge is 0.455 e. The standard InChI is InChI=1S/C22H24N4O2/c1-22(2,3)14-8-4-5-11-17(14)27-20-16(10-7-13-25-20)26-19-15(23)9-6-12-18(19)28-21(26)24/h4-13,21H,23-24H2,1-3H3. The molecule has 1 aliphatic heterocycles. The second-order valence-corrected chi connectivity index (χ2v) is 7.75. The third kappa shape index (κ3) is 3.12. The number of fused-ring (bicyclic) bond motifs is 1. The molecule has 0 amide bonds. The molecular weight excluding hydrogens is 352 g/mol. The molecule has 3 aromatic rings. The number of nitrogens with two attached hydrogens (primary N) is 2. The van der Waals surface area contributed by atoms with Crippen LogP contribution in [0.25, 0.3) is 0 Å². The fourth-order valence-corrected chi connectivity index (χ4v) is 3.38. The molecule has 2 aromatic carbocycles. The van der Waals surface area contributed by atoms with E-state index in [0.29, 0.717) is 23.0 Å². The van der Waals surface area contributed by atoms with Gasteiger partial charge in [-0.2, -0.15) is 0 Å². The van der Waals surface area contributed by atoms with E-state index in [1.165, 1.54) is 0 Å². The number of anilines is 3. The van der Waals surface area contributed by atoms with Crippen LogP contribution in [0.1, 0.15) is 26.3 Å². The molecular formula is C22H24N4O2. The Kier molecular flexibility index (Phi) is 4.35. The first kappa shape index (κ1) is 18.1. The highest BCUT2D eigenvalue weighted by molar-refractivity contribution is 5.84. The van der Waals surface area contributed by atoms with Crippen molar-refractivity contribution in [3.8, 4) is 17.4 Å². The van der Waals surface area contributed by atoms with Gasteiger partial charge >= 0.3 is 0 Å². The number of aromatic nitrogens is 1. The van der Waals surface area contributed by atoms with Crippen molar-refractivity contribution in [2.45, 2.75) is 32.5 Å². The first-order valence-electron chi connectivity index (χ1n) is 9.18. The van der Waals surface area contributed by atoms with Gasteiger partial charge in [0.25, 0.3) is 0 Å². The number of benzene rings is 2. The summed E-state index contributed by atoms with van der Waals surface area (Å²) < 4.78 is 12.1. The van der Waals surface area contributed by atoms with E-state index in [-0.39, 0.29) is 5.41 Å². The Bertz CT molecular complexity index is 1010. The topological polar surface area (TPSA) is 86.6 Å². The summed E-state index contributed by atoms with van der Waals surface area (Å²) in [7, 11) is 0. The van der Waals surface area contributed by atoms with Gasteiger partial charge in [0.2, 0.25) is 12.2 Å². The third-order valence-corrected chi connectivity index (χ3v) is 4.69. The lowest BCUT2D eigenvalue weighted by atomic mass is 9.86. The molecule has 2 heterocycles. The van der Waals surface area contributed by atoms with Crippen molar-refractivity contribution in [1.29, 1.82) is 0 Å². The van der Waals surface area contributed by atoms with E-state index in [1.807, 2.05) is 53.4 Å². The van der Waals surface area contributed by atoms with Gasteiger partial charge in [0, 0.05) is 11.8 Å². The summed E-state index contributed by atoms with van der Waals surface area (Å²) in [5.41, 5.74) is 15.5. The summed E-state index contributed by atoms with van der Waals surface area (Å²) in [6.45, 7) is 6.45. The first-order chi connectivity index (χ1) is 13.4. The van der Waals surface area contributed by atoms with E-state index in [4.69, 9.17) is 20.9 Å². The van der Waals surface area contributed by atoms with Crippen molar-refractivity contribution in [3.63, 3.8) is 0 Å². The van der Waals surface area contributed by atoms with Crippen LogP contribution in [-0.2, 0) is 5.41 Å². The summed E-state index contributed by atoms with van der Waals surface area (Å²) in [4.78, 5) is 6.28. The quantitative estimate of drug-likeness (QED) is 0.653. The molecule has 4 rings (SSSR count). The predicted octanol–water partition coefficient (Wildman–Crippen LogP) is 4.53. The molecule has 4 N–H and O–H groups in total. The SMILES string of the molecule is CC(C)(C)c1ccccc1Oc1ncccc1N1c2c(N)cccc2OC1N. The number of pyridine rings is 1. The Labute approximate surface area is 164 Å². The maximum absolute atomic E-state index is 6.28. The molecule has 6 nitrogen and oxygen atoms in total. The van der Waals surface area contributed by atoms with Gasteiger partial charge < -0.3 is 15.2 Å². The van der Waals surface area contributed by atoms with Crippen LogP contribution in [0.3, 0.4) is 0 Å². The van der Waals surface area contributed by atoms with E-state index < -0.39 is 6.35 Å². The molecule has 1 aliphatic rings. The highest BCUT2D eigenvalue weighted by Gasteiger charge is 2.34. The zero-order valence-corrected chi connectivity index (χ0v) is 16.2. The van der Waals surface area contributed by atoms with Crippen molar-refractivity contribution in [3.05, 3.63) is 66.4 Å². The number of nitrogens with zero attached hydrogens (tertiary/aromatic N) is 2. The van der Waals surface area contributed by atoms with Crippen LogP contribution in [0.15, 0.2) is 60.8 Å². The van der Waals surface area contributed by atoms with Crippen LogP contribution in [-0.4, -0.2) is 11.3 Å². The number of ether oxygens (including phenoxy) is 2. The minimum atomic E-state index is -0.718. The Balaban J connectivity index is 1.79. The second kappa shape index (κ2) is 6.73. The Morgan fingerprint density at radius 2 is 1.82 bits per heavy atom. The average Bonchev–Trinajstić information content (AvgIpc) is 2.99. The zero-order chi connectivity index (χ0) is 19.9. The zero-order valence-electron chi connectivity index (χ0n) is 16.2. The van der Waals surface area contributed by atoms with Gasteiger partial charge in [0.15, 0.2) is 0 Å². The Morgan fingerprint density at radius 3 is 2.61 bits per heavy atom. The Morgan fingerprint density at radius 1 is 1.04 bits per heavy atom. The van der Waals surface area contributed by atoms with Crippen LogP contribution in [0.5, 0.6) is 17.4 Å². The second-order valence-electron chi connectivity index (χ2n) is 7.75. The van der Waals surface area contributed by atoms with E-state index in [1.54, 1.807) is 6.20 Å². The molecule has 0 fully saturated rings. The van der Waals surface area contributed by atoms with Gasteiger partial charge in [-0.1, -0.05) is 45.0 Å². The lowest BCUT2D eigenvalue weighted by Gasteiger charge is -2.26. The van der Waals surface area contributed by atoms with Crippen molar-refractivity contribution in [1.82, 2.24) is 4.98 Å². The van der Waals surface area contributed by atoms with E-state index >= 15 is 0 Å². The molecule has 6 heteroatoms. The molecule has 0 saturated carbocycles. The summed E-state index contributed by atoms with van der Waals surface area (Å²) in [5.74, 6) is 1.83. The fourth-order valence-electron chi connectivity index (χ4n) is 3.38. The number of rotatable bonds is 3. The number of nitrogen functional groups attached to an aromatic ring is 1. The van der Waals surface area contributed by atoms with Crippen LogP contribution in [0.2, 0.25) is 0 Å². The maximum Gasteiger partial charge on any atom is 0.243 e. The van der Waals surface area contributed by atoms with Gasteiger partial charge in [-0.25, -0.2) is 4.98 Å². The molecule has 0 aliphatic carbocycles. The normalized spacial score (nSPS) is 15.9. The van der Waals surface area contributed by atoms with Crippen molar-refractivity contribution in [2.75, 3.05) is 10.6 Å². The van der Waals surface area contributed by atoms with Gasteiger partial charge in [-0.05, 0) is 35.7 Å². The van der Waals surface area contributed by atoms with Crippen molar-refractivity contribution in [2.24, 2.45) is 5.73 Å². The first-order valence-corrected chi connectivity index (χ1v) is 9.18. The predicted molar refractivity (Wildman–Crippen MR) is 111 cm³/mol. The lowest BCUT2D eigenvalue weighted by Crippen LogP contribution is -2.39. The number of hydrogen-bond donors (Lipinski definition) is 2. The van der Waals surface area contributed by atoms with Crippen molar-refractivity contribution >= 4 is 17.1 Å². The molecule has 0 radical (unpaired) electrons. The average molecular weight is 376 g/mol. The van der Waals surface area contributed by atoms with E-state index in [0.717, 1.165) is 17.0 Å². The molecule has 144 valence electrons. The third-order valence-electron chi connectivity index (χ3n) is 4.69. The number of hydrogen-bond acceptors (Lipinski definition) is 6. The molecule has 1 aromatic heterocycles. The van der Waals surface area contributed by atoms with Gasteiger partial charge in [0.05, 0.1) is 5.69 Å². The molecule has 0 bridgehead atoms. The van der Waals surface area contributed by atoms with E-state index in [9.17, 15) is 0 Å². The van der Waals surface area contributed by atoms with Crippen LogP contribution >= 0.6 is 0 Å². The highest BCUT2D eigenvalue weighted by Crippen LogP contribution is 2.47. The Hall–Kier alpha value is -3.25. The van der Waals surface area contributed by atoms with Crippen molar-refractivity contribution < 1.29 is 9.47 Å². The highest BCUT2D eigenvalue weighted by atomic mass is 16.5. The van der Waals surface area contributed by atoms with Gasteiger partial charge in [-0.3, -0.25) is 10.6 Å². The number of para-hydroxylation sites is 2. The summed E-state index contributed by atoms with van der Waals surface area (Å²) in [5, 5.41) is 0. The molecule has 28 heavy (non-hydrogen) atoms. The maximum atomic E-state index is 6.28. The lowest BCUT2D eigenvalue weighted by molar-refractivity contribution is 0.242. The fraction of sp³-hybridized carbons (Fsp3) is 0.227. The smallest absolute Gasteiger partial charge is 0.243 e. The van der Waals surface area contributed by atoms with Crippen LogP contribution in [0.4, 0.5) is 17.1 Å². The molecule has 1 atom stereocenters. The minimum Gasteiger partial charge on any atom is -0.455 e. The van der Waals surface area contributed by atoms with Gasteiger partial charge in [-0.15, -0.1) is 0 Å². The molecule has 0 spiro atoms. The molecule has 0 saturated heterocycles. The molecule has 1 unspecified atom stereocenters. The summed E-state index contributed by atoms with van der Waals surface area (Å²) in [6, 6.07) is 17.2. The monoisotopic (exact) mass is 376 g/mol. The van der Waals surface area contributed by atoms with Gasteiger partial charge in [0.1, 0.15) is 22.9 Å².